The van der Waals surface area contributed by atoms with Crippen molar-refractivity contribution < 1.29 is 9.90 Å². The third kappa shape index (κ3) is 3.78. The molecular weight excluding hydrogens is 188 g/mol. The molecule has 0 saturated heterocycles. The van der Waals surface area contributed by atoms with Crippen LogP contribution in [-0.2, 0) is 4.79 Å². The molecule has 0 aliphatic heterocycles. The molecular formula is C13H22O2. The van der Waals surface area contributed by atoms with Crippen LogP contribution in [0, 0.1) is 11.8 Å². The Labute approximate surface area is 92.4 Å². The Kier molecular flexibility index (Phi) is 5.03. The highest BCUT2D eigenvalue weighted by molar-refractivity contribution is 5.80. The van der Waals surface area contributed by atoms with Gasteiger partial charge in [-0.2, -0.15) is 0 Å². The summed E-state index contributed by atoms with van der Waals surface area (Å²) in [6.45, 7) is 3.96. The van der Waals surface area contributed by atoms with Gasteiger partial charge in [0.15, 0.2) is 0 Å². The first-order valence-electron chi connectivity index (χ1n) is 5.97. The lowest BCUT2D eigenvalue weighted by Gasteiger charge is -2.21. The number of carbonyl (C=O) groups is 1. The van der Waals surface area contributed by atoms with Crippen molar-refractivity contribution in [2.24, 2.45) is 11.8 Å². The van der Waals surface area contributed by atoms with Gasteiger partial charge in [0.1, 0.15) is 5.78 Å². The summed E-state index contributed by atoms with van der Waals surface area (Å²) in [5.41, 5.74) is 1.30. The smallest absolute Gasteiger partial charge is 0.136 e. The Bertz CT molecular complexity index is 241. The molecule has 0 radical (unpaired) electrons. The molecule has 0 aromatic rings. The maximum Gasteiger partial charge on any atom is 0.136 e. The molecule has 2 nitrogen and oxygen atoms in total. The average molecular weight is 210 g/mol. The predicted octanol–water partition coefficient (Wildman–Crippen LogP) is 2.71. The number of hydrogen-bond donors (Lipinski definition) is 1. The predicted molar refractivity (Wildman–Crippen MR) is 61.6 cm³/mol. The van der Waals surface area contributed by atoms with Gasteiger partial charge < -0.3 is 5.11 Å². The lowest BCUT2D eigenvalue weighted by atomic mass is 9.85. The zero-order valence-corrected chi connectivity index (χ0v) is 9.83. The van der Waals surface area contributed by atoms with Crippen LogP contribution in [0.15, 0.2) is 11.6 Å². The lowest BCUT2D eigenvalue weighted by Crippen LogP contribution is -2.19. The Morgan fingerprint density at radius 3 is 2.67 bits per heavy atom. The maximum atomic E-state index is 11.6. The summed E-state index contributed by atoms with van der Waals surface area (Å²) in [4.78, 5) is 11.6. The molecule has 0 fully saturated rings. The summed E-state index contributed by atoms with van der Waals surface area (Å²) < 4.78 is 0. The number of allylic oxidation sites excluding steroid dienone is 1. The molecule has 1 atom stereocenters. The van der Waals surface area contributed by atoms with Crippen molar-refractivity contribution in [2.45, 2.75) is 46.0 Å². The van der Waals surface area contributed by atoms with Gasteiger partial charge in [-0.05, 0) is 25.7 Å². The zero-order chi connectivity index (χ0) is 11.3. The molecule has 86 valence electrons. The molecule has 1 N–H and O–H groups in total. The van der Waals surface area contributed by atoms with Crippen LogP contribution in [-0.4, -0.2) is 17.5 Å². The van der Waals surface area contributed by atoms with Gasteiger partial charge in [0.25, 0.3) is 0 Å². The van der Waals surface area contributed by atoms with Gasteiger partial charge in [-0.15, -0.1) is 0 Å². The number of aliphatic hydroxyl groups excluding tert-OH is 1. The third-order valence-corrected chi connectivity index (χ3v) is 3.16. The second kappa shape index (κ2) is 6.06. The molecule has 1 unspecified atom stereocenters. The fraction of sp³-hybridized carbons (Fsp3) is 0.769. The van der Waals surface area contributed by atoms with Crippen molar-refractivity contribution in [3.05, 3.63) is 11.6 Å². The molecule has 1 rings (SSSR count). The van der Waals surface area contributed by atoms with Crippen LogP contribution in [0.2, 0.25) is 0 Å². The summed E-state index contributed by atoms with van der Waals surface area (Å²) in [6, 6.07) is 0. The first kappa shape index (κ1) is 12.4. The van der Waals surface area contributed by atoms with Gasteiger partial charge in [-0.3, -0.25) is 4.79 Å². The number of ketones is 1. The number of carbonyl (C=O) groups excluding carboxylic acids is 1. The lowest BCUT2D eigenvalue weighted by molar-refractivity contribution is -0.122. The fourth-order valence-corrected chi connectivity index (χ4v) is 2.03. The van der Waals surface area contributed by atoms with Crippen molar-refractivity contribution in [3.8, 4) is 0 Å². The first-order valence-corrected chi connectivity index (χ1v) is 5.97. The van der Waals surface area contributed by atoms with Gasteiger partial charge in [0.2, 0.25) is 0 Å². The minimum atomic E-state index is 0.0835. The number of aliphatic hydroxyl groups is 1. The minimum absolute atomic E-state index is 0.0835. The van der Waals surface area contributed by atoms with E-state index in [-0.39, 0.29) is 24.2 Å². The number of hydrogen-bond acceptors (Lipinski definition) is 2. The minimum Gasteiger partial charge on any atom is -0.396 e. The molecule has 0 aromatic heterocycles. The highest BCUT2D eigenvalue weighted by atomic mass is 16.3. The normalized spacial score (nSPS) is 18.8. The molecule has 0 heterocycles. The molecule has 0 spiro atoms. The maximum absolute atomic E-state index is 11.6. The van der Waals surface area contributed by atoms with Crippen LogP contribution in [0.25, 0.3) is 0 Å². The van der Waals surface area contributed by atoms with E-state index in [0.717, 1.165) is 12.8 Å². The van der Waals surface area contributed by atoms with Crippen LogP contribution in [0.3, 0.4) is 0 Å². The van der Waals surface area contributed by atoms with Crippen LogP contribution in [0.1, 0.15) is 46.0 Å². The SMILES string of the molecule is CC(C)C(=O)CC(CO)C1=CCCCC1. The summed E-state index contributed by atoms with van der Waals surface area (Å²) in [6.07, 6.45) is 7.37. The Morgan fingerprint density at radius 1 is 1.47 bits per heavy atom. The van der Waals surface area contributed by atoms with E-state index in [4.69, 9.17) is 0 Å². The van der Waals surface area contributed by atoms with Crippen LogP contribution < -0.4 is 0 Å². The summed E-state index contributed by atoms with van der Waals surface area (Å²) in [5.74, 6) is 0.434. The molecule has 15 heavy (non-hydrogen) atoms. The topological polar surface area (TPSA) is 37.3 Å². The number of rotatable bonds is 5. The van der Waals surface area contributed by atoms with Crippen LogP contribution in [0.4, 0.5) is 0 Å². The van der Waals surface area contributed by atoms with E-state index < -0.39 is 0 Å². The highest BCUT2D eigenvalue weighted by Crippen LogP contribution is 2.27. The standard InChI is InChI=1S/C13H22O2/c1-10(2)13(15)8-12(9-14)11-6-4-3-5-7-11/h6,10,12,14H,3-5,7-9H2,1-2H3. The molecule has 1 aliphatic carbocycles. The molecule has 1 aliphatic rings. The van der Waals surface area contributed by atoms with E-state index in [1.807, 2.05) is 13.8 Å². The molecule has 0 amide bonds. The zero-order valence-electron chi connectivity index (χ0n) is 9.83. The first-order chi connectivity index (χ1) is 7.15. The third-order valence-electron chi connectivity index (χ3n) is 3.16. The Balaban J connectivity index is 2.55. The highest BCUT2D eigenvalue weighted by Gasteiger charge is 2.20. The number of Topliss-reactive ketones (excluding diaryl/α,β-unsaturated/α-hetero) is 1. The Morgan fingerprint density at radius 2 is 2.20 bits per heavy atom. The molecule has 0 aromatic carbocycles. The van der Waals surface area contributed by atoms with Crippen molar-refractivity contribution >= 4 is 5.78 Å². The second-order valence-electron chi connectivity index (χ2n) is 4.73. The van der Waals surface area contributed by atoms with E-state index in [9.17, 15) is 9.90 Å². The summed E-state index contributed by atoms with van der Waals surface area (Å²) in [5, 5.41) is 9.32. The van der Waals surface area contributed by atoms with Gasteiger partial charge in [-0.25, -0.2) is 0 Å². The summed E-state index contributed by atoms with van der Waals surface area (Å²) >= 11 is 0. The second-order valence-corrected chi connectivity index (χ2v) is 4.73. The van der Waals surface area contributed by atoms with Crippen molar-refractivity contribution in [1.29, 1.82) is 0 Å². The summed E-state index contributed by atoms with van der Waals surface area (Å²) in [7, 11) is 0. The van der Waals surface area contributed by atoms with E-state index in [1.165, 1.54) is 18.4 Å². The van der Waals surface area contributed by atoms with Gasteiger partial charge >= 0.3 is 0 Å². The van der Waals surface area contributed by atoms with E-state index in [0.29, 0.717) is 6.42 Å². The van der Waals surface area contributed by atoms with Gasteiger partial charge in [-0.1, -0.05) is 25.5 Å². The Hall–Kier alpha value is -0.630. The largest absolute Gasteiger partial charge is 0.396 e. The van der Waals surface area contributed by atoms with E-state index >= 15 is 0 Å². The molecule has 0 saturated carbocycles. The van der Waals surface area contributed by atoms with Crippen molar-refractivity contribution in [2.75, 3.05) is 6.61 Å². The van der Waals surface area contributed by atoms with E-state index in [2.05, 4.69) is 6.08 Å². The van der Waals surface area contributed by atoms with Gasteiger partial charge in [0, 0.05) is 18.3 Å². The molecule has 0 bridgehead atoms. The van der Waals surface area contributed by atoms with Crippen LogP contribution >= 0.6 is 0 Å². The quantitative estimate of drug-likeness (QED) is 0.708. The monoisotopic (exact) mass is 210 g/mol. The van der Waals surface area contributed by atoms with Crippen molar-refractivity contribution in [3.63, 3.8) is 0 Å². The fourth-order valence-electron chi connectivity index (χ4n) is 2.03. The van der Waals surface area contributed by atoms with Crippen LogP contribution in [0.5, 0.6) is 0 Å². The van der Waals surface area contributed by atoms with Gasteiger partial charge in [0.05, 0.1) is 6.61 Å². The molecule has 2 heteroatoms. The van der Waals surface area contributed by atoms with E-state index in [1.54, 1.807) is 0 Å². The van der Waals surface area contributed by atoms with Crippen molar-refractivity contribution in [1.82, 2.24) is 0 Å². The average Bonchev–Trinajstić information content (AvgIpc) is 2.26.